The zero-order valence-electron chi connectivity index (χ0n) is 15.5. The maximum absolute atomic E-state index is 12.4. The number of nitrogens with one attached hydrogen (secondary N) is 1. The fourth-order valence-corrected chi connectivity index (χ4v) is 4.21. The molecule has 1 N–H and O–H groups in total. The molecule has 0 aliphatic heterocycles. The highest BCUT2D eigenvalue weighted by atomic mass is 32.2. The molecule has 1 aliphatic rings. The molecule has 0 spiro atoms. The van der Waals surface area contributed by atoms with Crippen LogP contribution in [0.25, 0.3) is 5.69 Å². The SMILES string of the molecule is COc1ccccc1-n1cnnc1SCC(=O)NC1CCCC(C)C1C. The van der Waals surface area contributed by atoms with Crippen LogP contribution in [0.3, 0.4) is 0 Å². The fourth-order valence-electron chi connectivity index (χ4n) is 3.48. The number of benzene rings is 1. The second-order valence-corrected chi connectivity index (χ2v) is 7.83. The summed E-state index contributed by atoms with van der Waals surface area (Å²) in [6.45, 7) is 4.51. The first-order valence-corrected chi connectivity index (χ1v) is 10.0. The van der Waals surface area contributed by atoms with Crippen LogP contribution in [0.2, 0.25) is 0 Å². The lowest BCUT2D eigenvalue weighted by Gasteiger charge is -2.34. The monoisotopic (exact) mass is 374 g/mol. The Morgan fingerprint density at radius 3 is 2.96 bits per heavy atom. The first-order chi connectivity index (χ1) is 12.6. The van der Waals surface area contributed by atoms with Crippen LogP contribution in [-0.2, 0) is 4.79 Å². The first kappa shape index (κ1) is 18.8. The Morgan fingerprint density at radius 1 is 1.35 bits per heavy atom. The van der Waals surface area contributed by atoms with Crippen LogP contribution in [0.5, 0.6) is 5.75 Å². The largest absolute Gasteiger partial charge is 0.495 e. The van der Waals surface area contributed by atoms with E-state index < -0.39 is 0 Å². The summed E-state index contributed by atoms with van der Waals surface area (Å²) in [6.07, 6.45) is 5.15. The molecule has 3 unspecified atom stereocenters. The third-order valence-corrected chi connectivity index (χ3v) is 6.19. The molecule has 3 atom stereocenters. The Bertz CT molecular complexity index is 749. The van der Waals surface area contributed by atoms with E-state index in [1.807, 2.05) is 28.8 Å². The smallest absolute Gasteiger partial charge is 0.230 e. The maximum Gasteiger partial charge on any atom is 0.230 e. The Kier molecular flexibility index (Phi) is 6.19. The Morgan fingerprint density at radius 2 is 2.15 bits per heavy atom. The van der Waals surface area contributed by atoms with Crippen LogP contribution >= 0.6 is 11.8 Å². The molecule has 0 radical (unpaired) electrons. The minimum absolute atomic E-state index is 0.0514. The summed E-state index contributed by atoms with van der Waals surface area (Å²) < 4.78 is 7.26. The number of para-hydroxylation sites is 2. The van der Waals surface area contributed by atoms with Gasteiger partial charge in [-0.25, -0.2) is 0 Å². The number of nitrogens with zero attached hydrogens (tertiary/aromatic N) is 3. The number of hydrogen-bond donors (Lipinski definition) is 1. The molecule has 1 saturated carbocycles. The van der Waals surface area contributed by atoms with E-state index >= 15 is 0 Å². The highest BCUT2D eigenvalue weighted by Crippen LogP contribution is 2.30. The molecule has 6 nitrogen and oxygen atoms in total. The topological polar surface area (TPSA) is 69.0 Å². The summed E-state index contributed by atoms with van der Waals surface area (Å²) in [4.78, 5) is 12.4. The quantitative estimate of drug-likeness (QED) is 0.786. The first-order valence-electron chi connectivity index (χ1n) is 9.05. The van der Waals surface area contributed by atoms with Gasteiger partial charge in [0.1, 0.15) is 12.1 Å². The predicted molar refractivity (Wildman–Crippen MR) is 103 cm³/mol. The number of amides is 1. The van der Waals surface area contributed by atoms with Gasteiger partial charge in [0.25, 0.3) is 0 Å². The Balaban J connectivity index is 1.62. The van der Waals surface area contributed by atoms with Crippen LogP contribution in [0.15, 0.2) is 35.7 Å². The van der Waals surface area contributed by atoms with E-state index in [0.717, 1.165) is 17.9 Å². The van der Waals surface area contributed by atoms with Crippen molar-refractivity contribution in [3.05, 3.63) is 30.6 Å². The Labute approximate surface area is 158 Å². The third-order valence-electron chi connectivity index (χ3n) is 5.25. The van der Waals surface area contributed by atoms with Gasteiger partial charge in [-0.15, -0.1) is 10.2 Å². The number of thioether (sulfide) groups is 1. The summed E-state index contributed by atoms with van der Waals surface area (Å²) in [6, 6.07) is 7.96. The van der Waals surface area contributed by atoms with Gasteiger partial charge in [0.2, 0.25) is 5.91 Å². The van der Waals surface area contributed by atoms with Crippen molar-refractivity contribution in [3.8, 4) is 11.4 Å². The van der Waals surface area contributed by atoms with Crippen LogP contribution in [0.1, 0.15) is 33.1 Å². The molecule has 2 aromatic rings. The fraction of sp³-hybridized carbons (Fsp3) is 0.526. The standard InChI is InChI=1S/C19H26N4O2S/c1-13-7-6-8-15(14(13)2)21-18(24)11-26-19-22-20-12-23(19)16-9-4-5-10-17(16)25-3/h4-5,9-10,12-15H,6-8,11H2,1-3H3,(H,21,24). The van der Waals surface area contributed by atoms with Gasteiger partial charge in [-0.3, -0.25) is 9.36 Å². The third kappa shape index (κ3) is 4.20. The highest BCUT2D eigenvalue weighted by Gasteiger charge is 2.28. The van der Waals surface area contributed by atoms with Crippen molar-refractivity contribution in [1.29, 1.82) is 0 Å². The predicted octanol–water partition coefficient (Wildman–Crippen LogP) is 3.31. The average Bonchev–Trinajstić information content (AvgIpc) is 3.12. The summed E-state index contributed by atoms with van der Waals surface area (Å²) in [5.41, 5.74) is 0.859. The van der Waals surface area contributed by atoms with Gasteiger partial charge >= 0.3 is 0 Å². The lowest BCUT2D eigenvalue weighted by atomic mass is 9.78. The van der Waals surface area contributed by atoms with Crippen molar-refractivity contribution in [2.75, 3.05) is 12.9 Å². The summed E-state index contributed by atoms with van der Waals surface area (Å²) in [7, 11) is 1.63. The average molecular weight is 375 g/mol. The number of carbonyl (C=O) groups excluding carboxylic acids is 1. The van der Waals surface area contributed by atoms with Gasteiger partial charge in [0, 0.05) is 6.04 Å². The number of hydrogen-bond acceptors (Lipinski definition) is 5. The van der Waals surface area contributed by atoms with E-state index in [1.54, 1.807) is 13.4 Å². The van der Waals surface area contributed by atoms with E-state index in [4.69, 9.17) is 4.74 Å². The van der Waals surface area contributed by atoms with Crippen molar-refractivity contribution in [3.63, 3.8) is 0 Å². The molecule has 7 heteroatoms. The summed E-state index contributed by atoms with van der Waals surface area (Å²) in [5, 5.41) is 12.0. The molecule has 26 heavy (non-hydrogen) atoms. The molecule has 1 heterocycles. The maximum atomic E-state index is 12.4. The van der Waals surface area contributed by atoms with E-state index in [1.165, 1.54) is 24.6 Å². The zero-order chi connectivity index (χ0) is 18.5. The van der Waals surface area contributed by atoms with Crippen LogP contribution in [-0.4, -0.2) is 39.6 Å². The van der Waals surface area contributed by atoms with Crippen molar-refractivity contribution in [2.45, 2.75) is 44.3 Å². The molecular formula is C19H26N4O2S. The van der Waals surface area contributed by atoms with Gasteiger partial charge in [0.05, 0.1) is 18.6 Å². The van der Waals surface area contributed by atoms with Crippen molar-refractivity contribution in [1.82, 2.24) is 20.1 Å². The van der Waals surface area contributed by atoms with Gasteiger partial charge in [0.15, 0.2) is 5.16 Å². The van der Waals surface area contributed by atoms with Gasteiger partial charge in [-0.2, -0.15) is 0 Å². The number of carbonyl (C=O) groups is 1. The van der Waals surface area contributed by atoms with Crippen LogP contribution < -0.4 is 10.1 Å². The van der Waals surface area contributed by atoms with Crippen molar-refractivity contribution < 1.29 is 9.53 Å². The lowest BCUT2D eigenvalue weighted by molar-refractivity contribution is -0.120. The second kappa shape index (κ2) is 8.58. The van der Waals surface area contributed by atoms with Crippen molar-refractivity contribution in [2.24, 2.45) is 11.8 Å². The molecule has 0 saturated heterocycles. The molecular weight excluding hydrogens is 348 g/mol. The molecule has 1 aromatic heterocycles. The number of ether oxygens (including phenoxy) is 1. The summed E-state index contributed by atoms with van der Waals surface area (Å²) >= 11 is 1.39. The number of rotatable bonds is 6. The van der Waals surface area contributed by atoms with Crippen molar-refractivity contribution >= 4 is 17.7 Å². The van der Waals surface area contributed by atoms with E-state index in [9.17, 15) is 4.79 Å². The molecule has 3 rings (SSSR count). The molecule has 140 valence electrons. The number of methoxy groups -OCH3 is 1. The van der Waals surface area contributed by atoms with E-state index in [2.05, 4.69) is 29.4 Å². The molecule has 0 bridgehead atoms. The molecule has 1 aliphatic carbocycles. The summed E-state index contributed by atoms with van der Waals surface area (Å²) in [5.74, 6) is 2.30. The minimum Gasteiger partial charge on any atom is -0.495 e. The highest BCUT2D eigenvalue weighted by molar-refractivity contribution is 7.99. The Hall–Kier alpha value is -2.02. The zero-order valence-corrected chi connectivity index (χ0v) is 16.3. The van der Waals surface area contributed by atoms with Crippen LogP contribution in [0, 0.1) is 11.8 Å². The normalized spacial score (nSPS) is 22.8. The van der Waals surface area contributed by atoms with E-state index in [0.29, 0.717) is 22.7 Å². The van der Waals surface area contributed by atoms with Gasteiger partial charge in [-0.05, 0) is 30.4 Å². The second-order valence-electron chi connectivity index (χ2n) is 6.89. The molecule has 1 aromatic carbocycles. The van der Waals surface area contributed by atoms with Gasteiger partial charge in [-0.1, -0.05) is 50.6 Å². The number of aromatic nitrogens is 3. The van der Waals surface area contributed by atoms with E-state index in [-0.39, 0.29) is 11.9 Å². The lowest BCUT2D eigenvalue weighted by Crippen LogP contribution is -2.44. The molecule has 1 amide bonds. The van der Waals surface area contributed by atoms with Crippen LogP contribution in [0.4, 0.5) is 0 Å². The molecule has 1 fully saturated rings. The minimum atomic E-state index is 0.0514. The van der Waals surface area contributed by atoms with Gasteiger partial charge < -0.3 is 10.1 Å².